The van der Waals surface area contributed by atoms with Crippen LogP contribution in [0.25, 0.3) is 0 Å². The maximum Gasteiger partial charge on any atom is 0.0122 e. The van der Waals surface area contributed by atoms with Crippen molar-refractivity contribution in [2.24, 2.45) is 0 Å². The van der Waals surface area contributed by atoms with Crippen LogP contribution in [-0.2, 0) is 0 Å². The summed E-state index contributed by atoms with van der Waals surface area (Å²) in [4.78, 5) is 2.57. The molecule has 0 saturated heterocycles. The maximum atomic E-state index is 2.12. The van der Waals surface area contributed by atoms with Crippen LogP contribution in [0.1, 0.15) is 13.8 Å². The first-order valence-corrected chi connectivity index (χ1v) is 5.20. The molecule has 0 radical (unpaired) electrons. The number of allylic oxidation sites excluding steroid dienone is 3. The van der Waals surface area contributed by atoms with E-state index in [1.807, 2.05) is 13.0 Å². The molecule has 0 aliphatic carbocycles. The smallest absolute Gasteiger partial charge is 0.0122 e. The van der Waals surface area contributed by atoms with Crippen LogP contribution in [0.15, 0.2) is 58.4 Å². The quantitative estimate of drug-likeness (QED) is 0.507. The lowest BCUT2D eigenvalue weighted by Gasteiger charge is -2.00. The zero-order valence-corrected chi connectivity index (χ0v) is 8.84. The highest BCUT2D eigenvalue weighted by Gasteiger charge is 1.93. The number of rotatable bonds is 3. The van der Waals surface area contributed by atoms with Crippen molar-refractivity contribution < 1.29 is 0 Å². The maximum absolute atomic E-state index is 2.12. The SMILES string of the molecule is C/C=C\C(=C/C)Sc1ccccc1. The molecule has 68 valence electrons. The molecule has 0 aromatic heterocycles. The Morgan fingerprint density at radius 3 is 2.38 bits per heavy atom. The Bertz CT molecular complexity index is 296. The fourth-order valence-electron chi connectivity index (χ4n) is 0.978. The van der Waals surface area contributed by atoms with Crippen LogP contribution < -0.4 is 0 Å². The van der Waals surface area contributed by atoms with Crippen molar-refractivity contribution in [3.63, 3.8) is 0 Å². The Morgan fingerprint density at radius 1 is 1.15 bits per heavy atom. The lowest BCUT2D eigenvalue weighted by atomic mass is 10.4. The first kappa shape index (κ1) is 10.1. The molecule has 0 N–H and O–H groups in total. The molecule has 0 unspecified atom stereocenters. The van der Waals surface area contributed by atoms with Gasteiger partial charge in [-0.05, 0) is 26.0 Å². The Labute approximate surface area is 84.4 Å². The molecule has 0 atom stereocenters. The highest BCUT2D eigenvalue weighted by Crippen LogP contribution is 2.26. The van der Waals surface area contributed by atoms with E-state index in [0.29, 0.717) is 0 Å². The van der Waals surface area contributed by atoms with Crippen molar-refractivity contribution in [1.82, 2.24) is 0 Å². The van der Waals surface area contributed by atoms with Gasteiger partial charge in [-0.1, -0.05) is 48.2 Å². The van der Waals surface area contributed by atoms with Crippen molar-refractivity contribution >= 4 is 11.8 Å². The first-order chi connectivity index (χ1) is 6.36. The fourth-order valence-corrected chi connectivity index (χ4v) is 1.87. The lowest BCUT2D eigenvalue weighted by Crippen LogP contribution is -1.71. The van der Waals surface area contributed by atoms with Crippen molar-refractivity contribution in [2.75, 3.05) is 0 Å². The highest BCUT2D eigenvalue weighted by atomic mass is 32.2. The molecule has 0 aliphatic rings. The number of hydrogen-bond donors (Lipinski definition) is 0. The van der Waals surface area contributed by atoms with Gasteiger partial charge in [-0.25, -0.2) is 0 Å². The summed E-state index contributed by atoms with van der Waals surface area (Å²) in [6, 6.07) is 10.4. The van der Waals surface area contributed by atoms with Gasteiger partial charge in [0.1, 0.15) is 0 Å². The second-order valence-electron chi connectivity index (χ2n) is 2.61. The van der Waals surface area contributed by atoms with E-state index in [-0.39, 0.29) is 0 Å². The minimum absolute atomic E-state index is 1.29. The zero-order chi connectivity index (χ0) is 9.52. The normalized spacial score (nSPS) is 12.3. The molecule has 13 heavy (non-hydrogen) atoms. The highest BCUT2D eigenvalue weighted by molar-refractivity contribution is 8.03. The van der Waals surface area contributed by atoms with E-state index < -0.39 is 0 Å². The fraction of sp³-hybridized carbons (Fsp3) is 0.167. The molecule has 0 spiro atoms. The van der Waals surface area contributed by atoms with Crippen molar-refractivity contribution in [1.29, 1.82) is 0 Å². The summed E-state index contributed by atoms with van der Waals surface area (Å²) in [5.74, 6) is 0. The minimum atomic E-state index is 1.29. The second kappa shape index (κ2) is 5.65. The summed E-state index contributed by atoms with van der Waals surface area (Å²) in [7, 11) is 0. The van der Waals surface area contributed by atoms with E-state index in [1.165, 1.54) is 9.80 Å². The van der Waals surface area contributed by atoms with E-state index in [4.69, 9.17) is 0 Å². The average molecular weight is 190 g/mol. The topological polar surface area (TPSA) is 0 Å². The van der Waals surface area contributed by atoms with Gasteiger partial charge in [0.05, 0.1) is 0 Å². The first-order valence-electron chi connectivity index (χ1n) is 4.38. The molecule has 0 nitrogen and oxygen atoms in total. The van der Waals surface area contributed by atoms with Gasteiger partial charge in [0.2, 0.25) is 0 Å². The minimum Gasteiger partial charge on any atom is -0.0905 e. The zero-order valence-electron chi connectivity index (χ0n) is 8.03. The third-order valence-electron chi connectivity index (χ3n) is 1.59. The van der Waals surface area contributed by atoms with Crippen molar-refractivity contribution in [2.45, 2.75) is 18.7 Å². The van der Waals surface area contributed by atoms with Gasteiger partial charge >= 0.3 is 0 Å². The molecule has 0 heterocycles. The molecular weight excluding hydrogens is 176 g/mol. The Kier molecular flexibility index (Phi) is 4.41. The van der Waals surface area contributed by atoms with Gasteiger partial charge in [-0.2, -0.15) is 0 Å². The van der Waals surface area contributed by atoms with Gasteiger partial charge in [-0.3, -0.25) is 0 Å². The molecule has 0 aliphatic heterocycles. The van der Waals surface area contributed by atoms with Gasteiger partial charge in [0.25, 0.3) is 0 Å². The summed E-state index contributed by atoms with van der Waals surface area (Å²) in [5, 5.41) is 0. The summed E-state index contributed by atoms with van der Waals surface area (Å²) in [5.41, 5.74) is 0. The molecule has 0 fully saturated rings. The predicted octanol–water partition coefficient (Wildman–Crippen LogP) is 4.26. The van der Waals surface area contributed by atoms with Gasteiger partial charge in [-0.15, -0.1) is 0 Å². The molecule has 0 amide bonds. The molecule has 1 aromatic rings. The molecule has 1 aromatic carbocycles. The van der Waals surface area contributed by atoms with Gasteiger partial charge in [0, 0.05) is 9.80 Å². The van der Waals surface area contributed by atoms with E-state index in [9.17, 15) is 0 Å². The second-order valence-corrected chi connectivity index (χ2v) is 3.75. The van der Waals surface area contributed by atoms with Crippen LogP contribution in [0, 0.1) is 0 Å². The van der Waals surface area contributed by atoms with Crippen LogP contribution in [0.4, 0.5) is 0 Å². The molecular formula is C12H14S. The Morgan fingerprint density at radius 2 is 1.85 bits per heavy atom. The summed E-state index contributed by atoms with van der Waals surface area (Å²) in [6.07, 6.45) is 6.31. The van der Waals surface area contributed by atoms with Crippen molar-refractivity contribution in [3.8, 4) is 0 Å². The van der Waals surface area contributed by atoms with Crippen LogP contribution in [0.5, 0.6) is 0 Å². The molecule has 1 heteroatoms. The number of hydrogen-bond acceptors (Lipinski definition) is 1. The van der Waals surface area contributed by atoms with Crippen LogP contribution in [0.2, 0.25) is 0 Å². The third kappa shape index (κ3) is 3.51. The lowest BCUT2D eigenvalue weighted by molar-refractivity contribution is 1.47. The van der Waals surface area contributed by atoms with E-state index >= 15 is 0 Å². The summed E-state index contributed by atoms with van der Waals surface area (Å²) < 4.78 is 0. The Hall–Kier alpha value is -0.950. The molecule has 0 bridgehead atoms. The van der Waals surface area contributed by atoms with Gasteiger partial charge in [0.15, 0.2) is 0 Å². The van der Waals surface area contributed by atoms with Gasteiger partial charge < -0.3 is 0 Å². The monoisotopic (exact) mass is 190 g/mol. The van der Waals surface area contributed by atoms with Crippen molar-refractivity contribution in [3.05, 3.63) is 53.5 Å². The summed E-state index contributed by atoms with van der Waals surface area (Å²) in [6.45, 7) is 4.10. The predicted molar refractivity (Wildman–Crippen MR) is 60.9 cm³/mol. The number of benzene rings is 1. The van der Waals surface area contributed by atoms with Crippen LogP contribution in [-0.4, -0.2) is 0 Å². The molecule has 1 rings (SSSR count). The Balaban J connectivity index is 2.68. The van der Waals surface area contributed by atoms with E-state index in [1.54, 1.807) is 11.8 Å². The van der Waals surface area contributed by atoms with E-state index in [0.717, 1.165) is 0 Å². The average Bonchev–Trinajstić information content (AvgIpc) is 2.19. The molecule has 0 saturated carbocycles. The summed E-state index contributed by atoms with van der Waals surface area (Å²) >= 11 is 1.79. The van der Waals surface area contributed by atoms with Crippen LogP contribution >= 0.6 is 11.8 Å². The third-order valence-corrected chi connectivity index (χ3v) is 2.71. The van der Waals surface area contributed by atoms with E-state index in [2.05, 4.69) is 49.4 Å². The largest absolute Gasteiger partial charge is 0.0905 e. The van der Waals surface area contributed by atoms with Crippen LogP contribution in [0.3, 0.4) is 0 Å². The standard InChI is InChI=1S/C12H14S/c1-3-8-11(4-2)13-12-9-6-5-7-10-12/h3-10H,1-2H3/b8-3-,11-4+. The number of thioether (sulfide) groups is 1.